The molecule has 1 unspecified atom stereocenters. The molecule has 0 bridgehead atoms. The van der Waals surface area contributed by atoms with Crippen LogP contribution in [-0.4, -0.2) is 48.7 Å². The molecule has 186 valence electrons. The molecule has 1 aliphatic carbocycles. The summed E-state index contributed by atoms with van der Waals surface area (Å²) < 4.78 is 91.2. The van der Waals surface area contributed by atoms with E-state index in [2.05, 4.69) is 10.3 Å². The molecule has 13 heteroatoms. The molecule has 2 aromatic rings. The van der Waals surface area contributed by atoms with Gasteiger partial charge < -0.3 is 25.1 Å². The summed E-state index contributed by atoms with van der Waals surface area (Å²) >= 11 is 0. The van der Waals surface area contributed by atoms with Gasteiger partial charge in [0, 0.05) is 37.2 Å². The fourth-order valence-electron chi connectivity index (χ4n) is 3.89. The molecule has 34 heavy (non-hydrogen) atoms. The first kappa shape index (κ1) is 24.2. The maximum atomic E-state index is 14.4. The number of ether oxygens (including phenoxy) is 1. The summed E-state index contributed by atoms with van der Waals surface area (Å²) in [4.78, 5) is 18.1. The molecule has 1 aromatic carbocycles. The van der Waals surface area contributed by atoms with Gasteiger partial charge in [-0.3, -0.25) is 4.79 Å². The molecule has 7 nitrogen and oxygen atoms in total. The zero-order valence-electron chi connectivity index (χ0n) is 17.8. The Hall–Kier alpha value is -2.96. The maximum Gasteiger partial charge on any atom is 0.396 e. The molecule has 0 spiro atoms. The minimum absolute atomic E-state index is 0.0739. The van der Waals surface area contributed by atoms with Gasteiger partial charge >= 0.3 is 6.18 Å². The van der Waals surface area contributed by atoms with Crippen LogP contribution in [0.5, 0.6) is 5.75 Å². The fraction of sp³-hybridized carbons (Fsp3) is 0.524. The lowest BCUT2D eigenvalue weighted by atomic mass is 10.0. The first-order valence-electron chi connectivity index (χ1n) is 10.6. The molecular formula is C21H22F6N4O3. The van der Waals surface area contributed by atoms with Gasteiger partial charge in [-0.2, -0.15) is 18.2 Å². The number of hydrogen-bond acceptors (Lipinski definition) is 6. The van der Waals surface area contributed by atoms with Crippen LogP contribution in [0.15, 0.2) is 22.6 Å². The molecule has 1 saturated heterocycles. The molecule has 3 N–H and O–H groups in total. The van der Waals surface area contributed by atoms with Crippen LogP contribution in [0.25, 0.3) is 0 Å². The van der Waals surface area contributed by atoms with Crippen molar-refractivity contribution in [3.05, 3.63) is 35.5 Å². The Morgan fingerprint density at radius 3 is 2.65 bits per heavy atom. The number of oxazole rings is 1. The molecule has 4 rings (SSSR count). The molecule has 1 amide bonds. The van der Waals surface area contributed by atoms with Crippen molar-refractivity contribution in [1.82, 2.24) is 4.98 Å². The Labute approximate surface area is 190 Å². The molecule has 1 saturated carbocycles. The summed E-state index contributed by atoms with van der Waals surface area (Å²) in [6, 6.07) is 2.94. The first-order valence-corrected chi connectivity index (χ1v) is 10.6. The predicted molar refractivity (Wildman–Crippen MR) is 109 cm³/mol. The number of rotatable bonds is 7. The lowest BCUT2D eigenvalue weighted by Gasteiger charge is -2.37. The van der Waals surface area contributed by atoms with Gasteiger partial charge in [0.05, 0.1) is 0 Å². The minimum Gasteiger partial charge on any atom is -0.481 e. The summed E-state index contributed by atoms with van der Waals surface area (Å²) in [5.41, 5.74) is 4.83. The quantitative estimate of drug-likeness (QED) is 0.565. The van der Waals surface area contributed by atoms with Gasteiger partial charge in [-0.1, -0.05) is 0 Å². The van der Waals surface area contributed by atoms with Crippen LogP contribution in [0.2, 0.25) is 0 Å². The summed E-state index contributed by atoms with van der Waals surface area (Å²) in [5, 5.41) is 2.26. The molecule has 2 aliphatic rings. The van der Waals surface area contributed by atoms with Crippen molar-refractivity contribution >= 4 is 17.6 Å². The van der Waals surface area contributed by atoms with Crippen molar-refractivity contribution in [2.45, 2.75) is 43.9 Å². The van der Waals surface area contributed by atoms with Crippen molar-refractivity contribution in [3.63, 3.8) is 0 Å². The van der Waals surface area contributed by atoms with Gasteiger partial charge in [0.1, 0.15) is 12.2 Å². The van der Waals surface area contributed by atoms with E-state index in [1.807, 2.05) is 0 Å². The SMILES string of the molecule is NCC1CN(c2nc(C(=O)Nc3ccc(OC4CCCC4(F)F)c(F)c3)c(CC(F)(F)F)o2)C1. The molecule has 1 aliphatic heterocycles. The molecule has 2 fully saturated rings. The minimum atomic E-state index is -4.66. The number of anilines is 2. The third-order valence-corrected chi connectivity index (χ3v) is 5.73. The number of benzene rings is 1. The van der Waals surface area contributed by atoms with E-state index in [1.54, 1.807) is 4.90 Å². The third-order valence-electron chi connectivity index (χ3n) is 5.73. The molecule has 1 aromatic heterocycles. The lowest BCUT2D eigenvalue weighted by molar-refractivity contribution is -0.130. The van der Waals surface area contributed by atoms with E-state index in [-0.39, 0.29) is 36.9 Å². The molecule has 1 atom stereocenters. The highest BCUT2D eigenvalue weighted by molar-refractivity contribution is 6.03. The molecule has 0 radical (unpaired) electrons. The number of nitrogens with one attached hydrogen (secondary N) is 1. The monoisotopic (exact) mass is 492 g/mol. The second-order valence-corrected chi connectivity index (χ2v) is 8.43. The van der Waals surface area contributed by atoms with E-state index in [0.717, 1.165) is 12.1 Å². The number of amides is 1. The Morgan fingerprint density at radius 1 is 1.32 bits per heavy atom. The van der Waals surface area contributed by atoms with Crippen LogP contribution >= 0.6 is 0 Å². The zero-order chi connectivity index (χ0) is 24.7. The number of carbonyl (C=O) groups excluding carboxylic acids is 1. The average Bonchev–Trinajstić information content (AvgIpc) is 3.24. The van der Waals surface area contributed by atoms with E-state index < -0.39 is 53.6 Å². The van der Waals surface area contributed by atoms with Crippen LogP contribution in [0.4, 0.5) is 38.0 Å². The number of halogens is 6. The Bertz CT molecular complexity index is 1050. The van der Waals surface area contributed by atoms with Crippen molar-refractivity contribution < 1.29 is 40.3 Å². The lowest BCUT2D eigenvalue weighted by Crippen LogP contribution is -2.50. The zero-order valence-corrected chi connectivity index (χ0v) is 17.8. The molecule has 2 heterocycles. The third kappa shape index (κ3) is 5.24. The summed E-state index contributed by atoms with van der Waals surface area (Å²) in [5.74, 6) is -6.08. The molecular weight excluding hydrogens is 470 g/mol. The van der Waals surface area contributed by atoms with Gasteiger partial charge in [-0.25, -0.2) is 13.2 Å². The van der Waals surface area contributed by atoms with Gasteiger partial charge in [-0.15, -0.1) is 0 Å². The predicted octanol–water partition coefficient (Wildman–Crippen LogP) is 4.13. The van der Waals surface area contributed by atoms with Gasteiger partial charge in [0.2, 0.25) is 0 Å². The van der Waals surface area contributed by atoms with Crippen molar-refractivity contribution in [3.8, 4) is 5.75 Å². The number of hydrogen-bond donors (Lipinski definition) is 2. The highest BCUT2D eigenvalue weighted by atomic mass is 19.4. The van der Waals surface area contributed by atoms with Crippen LogP contribution in [0, 0.1) is 11.7 Å². The van der Waals surface area contributed by atoms with Crippen molar-refractivity contribution in [2.75, 3.05) is 29.9 Å². The van der Waals surface area contributed by atoms with Crippen LogP contribution in [-0.2, 0) is 6.42 Å². The number of alkyl halides is 5. The van der Waals surface area contributed by atoms with E-state index >= 15 is 0 Å². The summed E-state index contributed by atoms with van der Waals surface area (Å²) in [6.45, 7) is 1.25. The number of nitrogens with two attached hydrogens (primary N) is 1. The van der Waals surface area contributed by atoms with E-state index in [1.165, 1.54) is 6.07 Å². The largest absolute Gasteiger partial charge is 0.481 e. The average molecular weight is 492 g/mol. The summed E-state index contributed by atoms with van der Waals surface area (Å²) in [6.07, 6.45) is -7.66. The number of carbonyl (C=O) groups is 1. The number of nitrogens with zero attached hydrogens (tertiary/aromatic N) is 2. The number of aromatic nitrogens is 1. The van der Waals surface area contributed by atoms with Crippen LogP contribution in [0.1, 0.15) is 35.5 Å². The Morgan fingerprint density at radius 2 is 2.06 bits per heavy atom. The van der Waals surface area contributed by atoms with Gasteiger partial charge in [0.25, 0.3) is 17.8 Å². The first-order chi connectivity index (χ1) is 15.9. The Balaban J connectivity index is 1.49. The van der Waals surface area contributed by atoms with Gasteiger partial charge in [-0.05, 0) is 31.5 Å². The Kier molecular flexibility index (Phi) is 6.40. The standard InChI is InChI=1S/C21H22F6N4O3/c22-13-6-12(3-4-14(13)33-16-2-1-5-20(16,23)24)29-18(32)17-15(7-21(25,26)27)34-19(30-17)31-9-11(8-28)10-31/h3-4,6,11,16H,1-2,5,7-10,28H2,(H,29,32). The smallest absolute Gasteiger partial charge is 0.396 e. The topological polar surface area (TPSA) is 93.6 Å². The van der Waals surface area contributed by atoms with E-state index in [9.17, 15) is 31.1 Å². The van der Waals surface area contributed by atoms with Crippen molar-refractivity contribution in [1.29, 1.82) is 0 Å². The van der Waals surface area contributed by atoms with E-state index in [4.69, 9.17) is 14.9 Å². The van der Waals surface area contributed by atoms with E-state index in [0.29, 0.717) is 19.6 Å². The second-order valence-electron chi connectivity index (χ2n) is 8.43. The van der Waals surface area contributed by atoms with Crippen LogP contribution in [0.3, 0.4) is 0 Å². The second kappa shape index (κ2) is 9.01. The normalized spacial score (nSPS) is 20.3. The van der Waals surface area contributed by atoms with Crippen molar-refractivity contribution in [2.24, 2.45) is 11.7 Å². The highest BCUT2D eigenvalue weighted by Gasteiger charge is 2.46. The fourth-order valence-corrected chi connectivity index (χ4v) is 3.89. The summed E-state index contributed by atoms with van der Waals surface area (Å²) in [7, 11) is 0. The maximum absolute atomic E-state index is 14.4. The van der Waals surface area contributed by atoms with Gasteiger partial charge in [0.15, 0.2) is 23.4 Å². The highest BCUT2D eigenvalue weighted by Crippen LogP contribution is 2.38. The van der Waals surface area contributed by atoms with Crippen LogP contribution < -0.4 is 20.7 Å².